The maximum absolute atomic E-state index is 13.3. The van der Waals surface area contributed by atoms with Crippen LogP contribution in [0.3, 0.4) is 0 Å². The van der Waals surface area contributed by atoms with Gasteiger partial charge in [-0.25, -0.2) is 14.1 Å². The van der Waals surface area contributed by atoms with Crippen molar-refractivity contribution in [1.82, 2.24) is 0 Å². The van der Waals surface area contributed by atoms with E-state index in [0.29, 0.717) is 30.5 Å². The minimum absolute atomic E-state index is 0. The summed E-state index contributed by atoms with van der Waals surface area (Å²) in [6.45, 7) is 0.332. The van der Waals surface area contributed by atoms with Crippen LogP contribution in [-0.4, -0.2) is 31.9 Å². The van der Waals surface area contributed by atoms with Gasteiger partial charge in [-0.3, -0.25) is 0 Å². The third-order valence-electron chi connectivity index (χ3n) is 5.26. The molecule has 2 aromatic carbocycles. The molecule has 0 radical (unpaired) electrons. The minimum atomic E-state index is -1.21. The second-order valence-corrected chi connectivity index (χ2v) is 7.50. The van der Waals surface area contributed by atoms with Crippen LogP contribution in [0.15, 0.2) is 54.6 Å². The van der Waals surface area contributed by atoms with Crippen LogP contribution in [0.2, 0.25) is 0 Å². The number of rotatable bonds is 8. The summed E-state index contributed by atoms with van der Waals surface area (Å²) < 4.78 is 24.0. The number of carboxylic acids is 1. The molecule has 1 fully saturated rings. The predicted molar refractivity (Wildman–Crippen MR) is 108 cm³/mol. The number of anilines is 2. The van der Waals surface area contributed by atoms with Gasteiger partial charge >= 0.3 is 35.7 Å². The van der Waals surface area contributed by atoms with Crippen LogP contribution in [-0.2, 0) is 14.3 Å². The van der Waals surface area contributed by atoms with Gasteiger partial charge in [-0.1, -0.05) is 18.2 Å². The van der Waals surface area contributed by atoms with E-state index in [2.05, 4.69) is 0 Å². The Labute approximate surface area is 203 Å². The van der Waals surface area contributed by atoms with Crippen LogP contribution in [0, 0.1) is 17.7 Å². The molecule has 2 aromatic rings. The van der Waals surface area contributed by atoms with Crippen molar-refractivity contribution in [3.8, 4) is 0 Å². The first-order valence-corrected chi connectivity index (χ1v) is 10.1. The molecule has 1 aliphatic carbocycles. The first-order valence-electron chi connectivity index (χ1n) is 10.1. The average molecular weight is 437 g/mol. The van der Waals surface area contributed by atoms with E-state index < -0.39 is 12.1 Å². The number of para-hydroxylation sites is 1. The fourth-order valence-corrected chi connectivity index (χ4v) is 3.65. The Morgan fingerprint density at radius 2 is 1.45 bits per heavy atom. The Balaban J connectivity index is 0.00000341. The number of carbonyl (C=O) groups excluding carboxylic acids is 2. The van der Waals surface area contributed by atoms with Gasteiger partial charge in [0.05, 0.1) is 30.6 Å². The minimum Gasteiger partial charge on any atom is -0.548 e. The van der Waals surface area contributed by atoms with Crippen LogP contribution in [0.25, 0.3) is 0 Å². The van der Waals surface area contributed by atoms with Gasteiger partial charge in [-0.2, -0.15) is 0 Å². The molecule has 0 atom stereocenters. The summed E-state index contributed by atoms with van der Waals surface area (Å²) in [5, 5.41) is 10.4. The fraction of sp³-hybridized carbons (Fsp3) is 0.391. The van der Waals surface area contributed by atoms with Crippen molar-refractivity contribution in [3.05, 3.63) is 60.4 Å². The van der Waals surface area contributed by atoms with Crippen LogP contribution >= 0.6 is 0 Å². The standard InChI is InChI=1S/C23H26FNO5.Na/c24-19-10-12-21(13-11-19)25(20-4-2-1-3-5-20)23(28)30-15-18-8-6-17(7-9-18)14-29-16-22(26)27;/h1-5,10-13,17-18H,6-9,14-16H2,(H,26,27);/q;+1/p-1. The molecule has 1 saturated carbocycles. The van der Waals surface area contributed by atoms with Gasteiger partial charge in [-0.05, 0) is 73.9 Å². The second kappa shape index (κ2) is 12.8. The first-order chi connectivity index (χ1) is 14.5. The summed E-state index contributed by atoms with van der Waals surface area (Å²) in [5.41, 5.74) is 1.17. The van der Waals surface area contributed by atoms with Crippen molar-refractivity contribution in [2.75, 3.05) is 24.7 Å². The van der Waals surface area contributed by atoms with Gasteiger partial charge in [0.15, 0.2) is 0 Å². The van der Waals surface area contributed by atoms with Gasteiger partial charge in [0, 0.05) is 6.61 Å². The van der Waals surface area contributed by atoms with E-state index in [9.17, 15) is 19.1 Å². The summed E-state index contributed by atoms with van der Waals surface area (Å²) in [6, 6.07) is 14.8. The molecule has 0 aromatic heterocycles. The number of ether oxygens (including phenoxy) is 2. The number of aliphatic carboxylic acids is 1. The number of nitrogens with zero attached hydrogens (tertiary/aromatic N) is 1. The van der Waals surface area contributed by atoms with Gasteiger partial charge < -0.3 is 19.4 Å². The summed E-state index contributed by atoms with van der Waals surface area (Å²) in [4.78, 5) is 24.7. The normalized spacial score (nSPS) is 18.0. The topological polar surface area (TPSA) is 78.9 Å². The molecule has 0 aliphatic heterocycles. The summed E-state index contributed by atoms with van der Waals surface area (Å²) >= 11 is 0. The smallest absolute Gasteiger partial charge is 0.548 e. The molecule has 8 heteroatoms. The SMILES string of the molecule is O=C([O-])COCC1CCC(COC(=O)N(c2ccccc2)c2ccc(F)cc2)CC1.[Na+]. The zero-order valence-electron chi connectivity index (χ0n) is 17.7. The Hall–Kier alpha value is -1.93. The first kappa shape index (κ1) is 25.3. The number of benzene rings is 2. The largest absolute Gasteiger partial charge is 1.00 e. The molecular formula is C23H25FNNaO5. The average Bonchev–Trinajstić information content (AvgIpc) is 2.75. The Morgan fingerprint density at radius 1 is 0.903 bits per heavy atom. The Morgan fingerprint density at radius 3 is 2.03 bits per heavy atom. The fourth-order valence-electron chi connectivity index (χ4n) is 3.65. The van der Waals surface area contributed by atoms with E-state index in [1.54, 1.807) is 24.3 Å². The maximum Gasteiger partial charge on any atom is 1.00 e. The van der Waals surface area contributed by atoms with Crippen molar-refractivity contribution in [1.29, 1.82) is 0 Å². The summed E-state index contributed by atoms with van der Waals surface area (Å²) in [5.74, 6) is -1.02. The van der Waals surface area contributed by atoms with Gasteiger partial charge in [0.25, 0.3) is 0 Å². The second-order valence-electron chi connectivity index (χ2n) is 7.50. The number of carbonyl (C=O) groups is 2. The van der Waals surface area contributed by atoms with Crippen molar-refractivity contribution in [3.63, 3.8) is 0 Å². The third-order valence-corrected chi connectivity index (χ3v) is 5.26. The Kier molecular flexibility index (Phi) is 10.5. The zero-order valence-corrected chi connectivity index (χ0v) is 19.7. The predicted octanol–water partition coefficient (Wildman–Crippen LogP) is 0.677. The molecule has 31 heavy (non-hydrogen) atoms. The molecule has 0 bridgehead atoms. The van der Waals surface area contributed by atoms with Crippen LogP contribution < -0.4 is 39.6 Å². The molecule has 0 N–H and O–H groups in total. The van der Waals surface area contributed by atoms with E-state index >= 15 is 0 Å². The van der Waals surface area contributed by atoms with E-state index in [0.717, 1.165) is 25.7 Å². The maximum atomic E-state index is 13.3. The van der Waals surface area contributed by atoms with E-state index in [1.165, 1.54) is 17.0 Å². The molecule has 0 unspecified atom stereocenters. The molecule has 3 rings (SSSR count). The number of halogens is 1. The molecule has 1 aliphatic rings. The number of carboxylic acid groups (broad SMARTS) is 1. The monoisotopic (exact) mass is 437 g/mol. The van der Waals surface area contributed by atoms with Crippen molar-refractivity contribution < 1.29 is 58.1 Å². The van der Waals surface area contributed by atoms with Crippen molar-refractivity contribution in [2.45, 2.75) is 25.7 Å². The van der Waals surface area contributed by atoms with Gasteiger partial charge in [-0.15, -0.1) is 0 Å². The summed E-state index contributed by atoms with van der Waals surface area (Å²) in [6.07, 6.45) is 3.06. The Bertz CT molecular complexity index is 826. The number of hydrogen-bond donors (Lipinski definition) is 0. The molecule has 0 spiro atoms. The van der Waals surface area contributed by atoms with Crippen LogP contribution in [0.5, 0.6) is 0 Å². The van der Waals surface area contributed by atoms with Crippen LogP contribution in [0.4, 0.5) is 20.6 Å². The van der Waals surface area contributed by atoms with Gasteiger partial charge in [0.2, 0.25) is 0 Å². The quantitative estimate of drug-likeness (QED) is 0.568. The van der Waals surface area contributed by atoms with Crippen LogP contribution in [0.1, 0.15) is 25.7 Å². The van der Waals surface area contributed by atoms with Gasteiger partial charge in [0.1, 0.15) is 5.82 Å². The molecular weight excluding hydrogens is 412 g/mol. The number of hydrogen-bond acceptors (Lipinski definition) is 5. The van der Waals surface area contributed by atoms with E-state index in [1.807, 2.05) is 18.2 Å². The molecule has 0 heterocycles. The number of amides is 1. The zero-order chi connectivity index (χ0) is 21.3. The molecule has 1 amide bonds. The van der Waals surface area contributed by atoms with Crippen molar-refractivity contribution in [2.24, 2.45) is 11.8 Å². The van der Waals surface area contributed by atoms with E-state index in [4.69, 9.17) is 9.47 Å². The third kappa shape index (κ3) is 7.92. The van der Waals surface area contributed by atoms with E-state index in [-0.39, 0.29) is 47.9 Å². The molecule has 0 saturated heterocycles. The molecule has 160 valence electrons. The van der Waals surface area contributed by atoms with Crippen molar-refractivity contribution >= 4 is 23.4 Å². The summed E-state index contributed by atoms with van der Waals surface area (Å²) in [7, 11) is 0. The molecule has 6 nitrogen and oxygen atoms in total.